The molecular formula is C15H14N4O4. The molecule has 0 bridgehead atoms. The summed E-state index contributed by atoms with van der Waals surface area (Å²) in [6.45, 7) is 1.51. The summed E-state index contributed by atoms with van der Waals surface area (Å²) in [6, 6.07) is 8.50. The van der Waals surface area contributed by atoms with Crippen LogP contribution in [0.25, 0.3) is 0 Å². The molecule has 0 aliphatic carbocycles. The molecule has 0 atom stereocenters. The van der Waals surface area contributed by atoms with E-state index in [0.717, 1.165) is 4.90 Å². The van der Waals surface area contributed by atoms with Crippen molar-refractivity contribution in [3.63, 3.8) is 0 Å². The number of imide groups is 1. The zero-order valence-corrected chi connectivity index (χ0v) is 12.8. The van der Waals surface area contributed by atoms with Crippen molar-refractivity contribution in [2.75, 3.05) is 19.6 Å². The number of carbonyl (C=O) groups is 2. The number of nitrogens with one attached hydrogen (secondary N) is 1. The van der Waals surface area contributed by atoms with Gasteiger partial charge in [-0.15, -0.1) is 0 Å². The van der Waals surface area contributed by atoms with Crippen molar-refractivity contribution in [3.8, 4) is 11.8 Å². The Morgan fingerprint density at radius 3 is 2.70 bits per heavy atom. The molecular weight excluding hydrogens is 300 g/mol. The number of rotatable bonds is 4. The van der Waals surface area contributed by atoms with Gasteiger partial charge in [0.15, 0.2) is 11.5 Å². The maximum Gasteiger partial charge on any atom is 0.281 e. The van der Waals surface area contributed by atoms with Gasteiger partial charge >= 0.3 is 0 Å². The van der Waals surface area contributed by atoms with Crippen LogP contribution in [0.1, 0.15) is 6.92 Å². The van der Waals surface area contributed by atoms with Crippen molar-refractivity contribution in [1.29, 1.82) is 5.26 Å². The van der Waals surface area contributed by atoms with Crippen LogP contribution in [0.15, 0.2) is 40.5 Å². The van der Waals surface area contributed by atoms with E-state index in [1.807, 2.05) is 0 Å². The summed E-state index contributed by atoms with van der Waals surface area (Å²) in [6.07, 6.45) is 0. The van der Waals surface area contributed by atoms with Crippen molar-refractivity contribution >= 4 is 23.2 Å². The van der Waals surface area contributed by atoms with Crippen LogP contribution >= 0.6 is 0 Å². The van der Waals surface area contributed by atoms with Crippen LogP contribution in [0.4, 0.5) is 5.69 Å². The standard InChI is InChI=1S/C15H14N4O4/c1-9-12(8-16)14(20)19(2)15(21)13(9)18-17-10-5-4-6-11(7-10)23-22-3/h4-7,17H,1-3H3/b18-13-. The van der Waals surface area contributed by atoms with E-state index in [-0.39, 0.29) is 16.9 Å². The van der Waals surface area contributed by atoms with E-state index in [4.69, 9.17) is 10.1 Å². The fraction of sp³-hybridized carbons (Fsp3) is 0.200. The number of benzene rings is 1. The van der Waals surface area contributed by atoms with E-state index in [1.165, 1.54) is 21.1 Å². The molecule has 2 amide bonds. The number of likely N-dealkylation sites (N-methyl/N-ethyl adjacent to an activating group) is 1. The van der Waals surface area contributed by atoms with Gasteiger partial charge in [0.1, 0.15) is 11.6 Å². The van der Waals surface area contributed by atoms with Crippen molar-refractivity contribution in [3.05, 3.63) is 35.4 Å². The Hall–Kier alpha value is -3.18. The Kier molecular flexibility index (Phi) is 4.73. The van der Waals surface area contributed by atoms with Gasteiger partial charge in [-0.1, -0.05) is 6.07 Å². The molecule has 0 spiro atoms. The van der Waals surface area contributed by atoms with Crippen LogP contribution < -0.4 is 10.3 Å². The first kappa shape index (κ1) is 16.2. The highest BCUT2D eigenvalue weighted by molar-refractivity contribution is 6.50. The van der Waals surface area contributed by atoms with Gasteiger partial charge in [0.25, 0.3) is 11.8 Å². The maximum atomic E-state index is 12.1. The Labute approximate surface area is 132 Å². The lowest BCUT2D eigenvalue weighted by Gasteiger charge is -2.22. The van der Waals surface area contributed by atoms with Crippen molar-refractivity contribution in [1.82, 2.24) is 4.90 Å². The molecule has 1 aliphatic rings. The van der Waals surface area contributed by atoms with E-state index in [9.17, 15) is 9.59 Å². The molecule has 1 aromatic carbocycles. The third-order valence-electron chi connectivity index (χ3n) is 3.18. The molecule has 118 valence electrons. The SMILES string of the molecule is COOc1cccc(N/N=C2\C(=O)N(C)C(=O)C(C#N)=C2C)c1. The van der Waals surface area contributed by atoms with E-state index in [0.29, 0.717) is 11.4 Å². The Bertz CT molecular complexity index is 761. The molecule has 8 heteroatoms. The van der Waals surface area contributed by atoms with Crippen molar-refractivity contribution in [2.45, 2.75) is 6.92 Å². The Balaban J connectivity index is 2.33. The minimum Gasteiger partial charge on any atom is -0.338 e. The van der Waals surface area contributed by atoms with Gasteiger partial charge < -0.3 is 4.89 Å². The largest absolute Gasteiger partial charge is 0.338 e. The topological polar surface area (TPSA) is 104 Å². The lowest BCUT2D eigenvalue weighted by Crippen LogP contribution is -2.44. The molecule has 1 N–H and O–H groups in total. The first-order chi connectivity index (χ1) is 11.0. The molecule has 2 rings (SSSR count). The van der Waals surface area contributed by atoms with Crippen LogP contribution in [0.3, 0.4) is 0 Å². The quantitative estimate of drug-likeness (QED) is 0.509. The number of hydrazone groups is 1. The Morgan fingerprint density at radius 2 is 2.04 bits per heavy atom. The number of hydrogen-bond acceptors (Lipinski definition) is 7. The Morgan fingerprint density at radius 1 is 1.30 bits per heavy atom. The zero-order valence-electron chi connectivity index (χ0n) is 12.8. The molecule has 0 fully saturated rings. The van der Waals surface area contributed by atoms with Gasteiger partial charge in [-0.2, -0.15) is 15.3 Å². The first-order valence-electron chi connectivity index (χ1n) is 6.57. The number of carbonyl (C=O) groups excluding carboxylic acids is 2. The second kappa shape index (κ2) is 6.72. The van der Waals surface area contributed by atoms with Gasteiger partial charge in [0, 0.05) is 18.7 Å². The number of hydrogen-bond donors (Lipinski definition) is 1. The highest BCUT2D eigenvalue weighted by Crippen LogP contribution is 2.20. The van der Waals surface area contributed by atoms with E-state index in [2.05, 4.69) is 15.4 Å². The smallest absolute Gasteiger partial charge is 0.281 e. The summed E-state index contributed by atoms with van der Waals surface area (Å²) >= 11 is 0. The van der Waals surface area contributed by atoms with E-state index >= 15 is 0 Å². The monoisotopic (exact) mass is 314 g/mol. The predicted molar refractivity (Wildman–Crippen MR) is 81.2 cm³/mol. The van der Waals surface area contributed by atoms with E-state index < -0.39 is 11.8 Å². The molecule has 0 saturated heterocycles. The number of anilines is 1. The third kappa shape index (κ3) is 3.20. The average Bonchev–Trinajstić information content (AvgIpc) is 2.54. The maximum absolute atomic E-state index is 12.1. The molecule has 1 aliphatic heterocycles. The van der Waals surface area contributed by atoms with Gasteiger partial charge in [0.2, 0.25) is 0 Å². The van der Waals surface area contributed by atoms with Crippen LogP contribution in [0.2, 0.25) is 0 Å². The second-order valence-electron chi connectivity index (χ2n) is 4.63. The molecule has 0 unspecified atom stereocenters. The van der Waals surface area contributed by atoms with Gasteiger partial charge in [-0.05, 0) is 19.1 Å². The molecule has 23 heavy (non-hydrogen) atoms. The van der Waals surface area contributed by atoms with E-state index in [1.54, 1.807) is 30.3 Å². The van der Waals surface area contributed by atoms with Crippen LogP contribution in [0, 0.1) is 11.3 Å². The molecule has 8 nitrogen and oxygen atoms in total. The molecule has 1 aromatic rings. The van der Waals surface area contributed by atoms with Crippen molar-refractivity contribution < 1.29 is 19.4 Å². The van der Waals surface area contributed by atoms with Crippen molar-refractivity contribution in [2.24, 2.45) is 5.10 Å². The van der Waals surface area contributed by atoms with Crippen LogP contribution in [-0.2, 0) is 14.5 Å². The first-order valence-corrected chi connectivity index (χ1v) is 6.57. The average molecular weight is 314 g/mol. The highest BCUT2D eigenvalue weighted by Gasteiger charge is 2.34. The normalized spacial score (nSPS) is 16.6. The minimum absolute atomic E-state index is 0.00159. The fourth-order valence-electron chi connectivity index (χ4n) is 1.96. The summed E-state index contributed by atoms with van der Waals surface area (Å²) in [5.41, 5.74) is 3.38. The zero-order chi connectivity index (χ0) is 17.0. The summed E-state index contributed by atoms with van der Waals surface area (Å²) in [7, 11) is 2.68. The third-order valence-corrected chi connectivity index (χ3v) is 3.18. The fourth-order valence-corrected chi connectivity index (χ4v) is 1.96. The minimum atomic E-state index is -0.635. The second-order valence-corrected chi connectivity index (χ2v) is 4.63. The highest BCUT2D eigenvalue weighted by atomic mass is 17.2. The number of amides is 2. The van der Waals surface area contributed by atoms with Gasteiger partial charge in [0.05, 0.1) is 12.8 Å². The molecule has 0 saturated carbocycles. The summed E-state index contributed by atoms with van der Waals surface area (Å²) in [5.74, 6) is -0.766. The van der Waals surface area contributed by atoms with Crippen LogP contribution in [-0.4, -0.2) is 36.6 Å². The lowest BCUT2D eigenvalue weighted by atomic mass is 10.00. The van der Waals surface area contributed by atoms with Gasteiger partial charge in [-0.3, -0.25) is 19.9 Å². The molecule has 1 heterocycles. The molecule has 0 radical (unpaired) electrons. The number of nitriles is 1. The van der Waals surface area contributed by atoms with Gasteiger partial charge in [-0.25, -0.2) is 0 Å². The predicted octanol–water partition coefficient (Wildman–Crippen LogP) is 1.23. The number of nitrogens with zero attached hydrogens (tertiary/aromatic N) is 3. The summed E-state index contributed by atoms with van der Waals surface area (Å²) < 4.78 is 0. The lowest BCUT2D eigenvalue weighted by molar-refractivity contribution is -0.178. The van der Waals surface area contributed by atoms with Crippen LogP contribution in [0.5, 0.6) is 5.75 Å². The molecule has 0 aromatic heterocycles. The summed E-state index contributed by atoms with van der Waals surface area (Å²) in [4.78, 5) is 34.3. The summed E-state index contributed by atoms with van der Waals surface area (Å²) in [5, 5.41) is 13.1.